The van der Waals surface area contributed by atoms with E-state index in [0.29, 0.717) is 23.3 Å². The summed E-state index contributed by atoms with van der Waals surface area (Å²) in [6.45, 7) is 2.51. The molecule has 1 aromatic heterocycles. The normalized spacial score (nSPS) is 10.6. The number of amides is 1. The van der Waals surface area contributed by atoms with Crippen LogP contribution in [0.1, 0.15) is 6.92 Å². The maximum atomic E-state index is 12.9. The summed E-state index contributed by atoms with van der Waals surface area (Å²) in [5.41, 5.74) is 1.31. The van der Waals surface area contributed by atoms with Crippen molar-refractivity contribution >= 4 is 23.4 Å². The Morgan fingerprint density at radius 2 is 1.89 bits per heavy atom. The van der Waals surface area contributed by atoms with Gasteiger partial charge >= 0.3 is 0 Å². The van der Waals surface area contributed by atoms with Crippen LogP contribution >= 0.6 is 11.8 Å². The van der Waals surface area contributed by atoms with E-state index in [4.69, 9.17) is 10.6 Å². The van der Waals surface area contributed by atoms with Gasteiger partial charge in [-0.25, -0.2) is 9.07 Å². The Bertz CT molecular complexity index is 913. The number of benzene rings is 2. The number of aromatic nitrogens is 3. The molecule has 0 aliphatic carbocycles. The summed E-state index contributed by atoms with van der Waals surface area (Å²) < 4.78 is 19.6. The number of nitrogens with two attached hydrogens (primary N) is 1. The molecule has 0 saturated carbocycles. The molecule has 0 atom stereocenters. The highest BCUT2D eigenvalue weighted by molar-refractivity contribution is 7.99. The summed E-state index contributed by atoms with van der Waals surface area (Å²) in [6.07, 6.45) is 0. The molecule has 27 heavy (non-hydrogen) atoms. The molecule has 0 aliphatic rings. The van der Waals surface area contributed by atoms with Gasteiger partial charge in [-0.2, -0.15) is 0 Å². The van der Waals surface area contributed by atoms with E-state index in [0.717, 1.165) is 23.1 Å². The van der Waals surface area contributed by atoms with Gasteiger partial charge in [0.05, 0.1) is 12.4 Å². The number of nitrogens with zero attached hydrogens (tertiary/aromatic N) is 3. The fourth-order valence-electron chi connectivity index (χ4n) is 2.30. The first kappa shape index (κ1) is 18.7. The van der Waals surface area contributed by atoms with Gasteiger partial charge in [-0.1, -0.05) is 11.8 Å². The second-order valence-corrected chi connectivity index (χ2v) is 6.42. The molecular formula is C18H18FN5O2S. The minimum atomic E-state index is -0.361. The minimum Gasteiger partial charge on any atom is -0.494 e. The number of rotatable bonds is 7. The van der Waals surface area contributed by atoms with Gasteiger partial charge in [-0.15, -0.1) is 10.2 Å². The fourth-order valence-corrected chi connectivity index (χ4v) is 2.96. The molecule has 1 amide bonds. The Morgan fingerprint density at radius 1 is 1.19 bits per heavy atom. The van der Waals surface area contributed by atoms with Crippen molar-refractivity contribution in [1.82, 2.24) is 14.9 Å². The van der Waals surface area contributed by atoms with Crippen LogP contribution in [0.15, 0.2) is 53.7 Å². The Balaban J connectivity index is 1.61. The fraction of sp³-hybridized carbons (Fsp3) is 0.167. The summed E-state index contributed by atoms with van der Waals surface area (Å²) in [7, 11) is 0. The SMILES string of the molecule is CCOc1ccc(-c2nnc(SCC(=O)Nc3ccc(F)cc3)n2N)cc1. The zero-order chi connectivity index (χ0) is 19.2. The molecule has 3 N–H and O–H groups in total. The van der Waals surface area contributed by atoms with Crippen molar-refractivity contribution in [2.24, 2.45) is 0 Å². The number of halogens is 1. The zero-order valence-electron chi connectivity index (χ0n) is 14.6. The monoisotopic (exact) mass is 387 g/mol. The van der Waals surface area contributed by atoms with E-state index >= 15 is 0 Å². The number of carbonyl (C=O) groups is 1. The van der Waals surface area contributed by atoms with Crippen molar-refractivity contribution in [2.45, 2.75) is 12.1 Å². The quantitative estimate of drug-likeness (QED) is 0.478. The van der Waals surface area contributed by atoms with E-state index in [1.54, 1.807) is 0 Å². The first-order valence-electron chi connectivity index (χ1n) is 8.18. The van der Waals surface area contributed by atoms with Crippen molar-refractivity contribution in [1.29, 1.82) is 0 Å². The highest BCUT2D eigenvalue weighted by Crippen LogP contribution is 2.23. The number of ether oxygens (including phenoxy) is 1. The highest BCUT2D eigenvalue weighted by Gasteiger charge is 2.14. The van der Waals surface area contributed by atoms with Gasteiger partial charge in [0, 0.05) is 11.3 Å². The highest BCUT2D eigenvalue weighted by atomic mass is 32.2. The molecule has 9 heteroatoms. The number of thioether (sulfide) groups is 1. The molecule has 0 bridgehead atoms. The van der Waals surface area contributed by atoms with Gasteiger partial charge < -0.3 is 15.9 Å². The van der Waals surface area contributed by atoms with Crippen LogP contribution in [0.25, 0.3) is 11.4 Å². The Labute approximate surface area is 159 Å². The lowest BCUT2D eigenvalue weighted by Gasteiger charge is -2.06. The molecule has 0 fully saturated rings. The van der Waals surface area contributed by atoms with E-state index < -0.39 is 0 Å². The predicted octanol–water partition coefficient (Wildman–Crippen LogP) is 2.93. The van der Waals surface area contributed by atoms with Crippen LogP contribution in [-0.4, -0.2) is 33.1 Å². The lowest BCUT2D eigenvalue weighted by molar-refractivity contribution is -0.113. The van der Waals surface area contributed by atoms with Crippen LogP contribution in [0.4, 0.5) is 10.1 Å². The van der Waals surface area contributed by atoms with Crippen LogP contribution in [0, 0.1) is 5.82 Å². The smallest absolute Gasteiger partial charge is 0.234 e. The number of carbonyl (C=O) groups excluding carboxylic acids is 1. The van der Waals surface area contributed by atoms with Gasteiger partial charge in [0.1, 0.15) is 11.6 Å². The van der Waals surface area contributed by atoms with E-state index in [1.165, 1.54) is 28.9 Å². The van der Waals surface area contributed by atoms with Crippen LogP contribution in [0.3, 0.4) is 0 Å². The first-order chi connectivity index (χ1) is 13.1. The maximum Gasteiger partial charge on any atom is 0.234 e. The molecule has 0 spiro atoms. The molecule has 140 valence electrons. The molecule has 3 rings (SSSR count). The number of nitrogen functional groups attached to an aromatic ring is 1. The third-order valence-corrected chi connectivity index (χ3v) is 4.49. The summed E-state index contributed by atoms with van der Waals surface area (Å²) in [5.74, 6) is 6.78. The largest absolute Gasteiger partial charge is 0.494 e. The summed E-state index contributed by atoms with van der Waals surface area (Å²) in [4.78, 5) is 12.0. The topological polar surface area (TPSA) is 95.1 Å². The Morgan fingerprint density at radius 3 is 2.56 bits per heavy atom. The Kier molecular flexibility index (Phi) is 5.92. The third kappa shape index (κ3) is 4.76. The van der Waals surface area contributed by atoms with Gasteiger partial charge in [0.15, 0.2) is 5.82 Å². The van der Waals surface area contributed by atoms with Gasteiger partial charge in [-0.05, 0) is 55.5 Å². The lowest BCUT2D eigenvalue weighted by atomic mass is 10.2. The second kappa shape index (κ2) is 8.54. The van der Waals surface area contributed by atoms with Crippen LogP contribution in [0.2, 0.25) is 0 Å². The van der Waals surface area contributed by atoms with Crippen molar-refractivity contribution in [3.63, 3.8) is 0 Å². The molecular weight excluding hydrogens is 369 g/mol. The van der Waals surface area contributed by atoms with Crippen molar-refractivity contribution in [2.75, 3.05) is 23.5 Å². The van der Waals surface area contributed by atoms with E-state index in [-0.39, 0.29) is 17.5 Å². The number of hydrogen-bond donors (Lipinski definition) is 2. The molecule has 0 radical (unpaired) electrons. The number of anilines is 1. The molecule has 7 nitrogen and oxygen atoms in total. The van der Waals surface area contributed by atoms with E-state index in [9.17, 15) is 9.18 Å². The van der Waals surface area contributed by atoms with Crippen molar-refractivity contribution < 1.29 is 13.9 Å². The van der Waals surface area contributed by atoms with Crippen LogP contribution in [-0.2, 0) is 4.79 Å². The number of hydrogen-bond acceptors (Lipinski definition) is 6. The van der Waals surface area contributed by atoms with E-state index in [1.807, 2.05) is 31.2 Å². The van der Waals surface area contributed by atoms with Gasteiger partial charge in [-0.3, -0.25) is 4.79 Å². The molecule has 0 unspecified atom stereocenters. The molecule has 1 heterocycles. The van der Waals surface area contributed by atoms with Crippen LogP contribution < -0.4 is 15.9 Å². The maximum absolute atomic E-state index is 12.9. The second-order valence-electron chi connectivity index (χ2n) is 5.48. The number of nitrogens with one attached hydrogen (secondary N) is 1. The average Bonchev–Trinajstić information content (AvgIpc) is 3.03. The lowest BCUT2D eigenvalue weighted by Crippen LogP contribution is -2.16. The molecule has 0 saturated heterocycles. The molecule has 0 aliphatic heterocycles. The van der Waals surface area contributed by atoms with Gasteiger partial charge in [0.25, 0.3) is 0 Å². The summed E-state index contributed by atoms with van der Waals surface area (Å²) >= 11 is 1.16. The van der Waals surface area contributed by atoms with Crippen LogP contribution in [0.5, 0.6) is 5.75 Å². The zero-order valence-corrected chi connectivity index (χ0v) is 15.4. The predicted molar refractivity (Wildman–Crippen MR) is 103 cm³/mol. The summed E-state index contributed by atoms with van der Waals surface area (Å²) in [6, 6.07) is 12.9. The standard InChI is InChI=1S/C18H18FN5O2S/c1-2-26-15-9-3-12(4-10-15)17-22-23-18(24(17)20)27-11-16(25)21-14-7-5-13(19)6-8-14/h3-10H,2,11,20H2,1H3,(H,21,25). The molecule has 2 aromatic carbocycles. The Hall–Kier alpha value is -3.07. The first-order valence-corrected chi connectivity index (χ1v) is 9.17. The average molecular weight is 387 g/mol. The molecule has 3 aromatic rings. The van der Waals surface area contributed by atoms with Gasteiger partial charge in [0.2, 0.25) is 11.1 Å². The third-order valence-electron chi connectivity index (χ3n) is 3.55. The minimum absolute atomic E-state index is 0.0932. The van der Waals surface area contributed by atoms with Crippen molar-refractivity contribution in [3.05, 3.63) is 54.3 Å². The summed E-state index contributed by atoms with van der Waals surface area (Å²) in [5, 5.41) is 11.2. The van der Waals surface area contributed by atoms with E-state index in [2.05, 4.69) is 15.5 Å². The van der Waals surface area contributed by atoms with Crippen molar-refractivity contribution in [3.8, 4) is 17.1 Å².